The van der Waals surface area contributed by atoms with Crippen molar-refractivity contribution in [3.63, 3.8) is 0 Å². The molecule has 1 aromatic heterocycles. The van der Waals surface area contributed by atoms with E-state index in [1.165, 1.54) is 18.1 Å². The van der Waals surface area contributed by atoms with Gasteiger partial charge in [0.05, 0.1) is 6.33 Å². The Kier molecular flexibility index (Phi) is 3.49. The van der Waals surface area contributed by atoms with Crippen molar-refractivity contribution in [1.29, 1.82) is 0 Å². The molecule has 0 aliphatic heterocycles. The molecule has 0 unspecified atom stereocenters. The molecule has 96 valence electrons. The van der Waals surface area contributed by atoms with Gasteiger partial charge in [0.25, 0.3) is 10.0 Å². The molecular weight excluding hydrogens is 250 g/mol. The Bertz CT molecular complexity index is 630. The molecule has 0 bridgehead atoms. The monoisotopic (exact) mass is 265 g/mol. The number of sulfonamides is 1. The summed E-state index contributed by atoms with van der Waals surface area (Å²) >= 11 is 0. The van der Waals surface area contributed by atoms with Crippen LogP contribution in [-0.2, 0) is 23.0 Å². The topological polar surface area (TPSA) is 78.0 Å². The summed E-state index contributed by atoms with van der Waals surface area (Å²) in [6.45, 7) is 2.68. The van der Waals surface area contributed by atoms with Crippen molar-refractivity contribution >= 4 is 10.0 Å². The molecule has 0 saturated heterocycles. The first-order chi connectivity index (χ1) is 8.49. The van der Waals surface area contributed by atoms with Crippen LogP contribution in [0.1, 0.15) is 18.1 Å². The van der Waals surface area contributed by atoms with Crippen molar-refractivity contribution in [1.82, 2.24) is 9.55 Å². The van der Waals surface area contributed by atoms with Gasteiger partial charge < -0.3 is 4.57 Å². The number of nitrogens with zero attached hydrogens (tertiary/aromatic N) is 2. The van der Waals surface area contributed by atoms with Gasteiger partial charge in [0.1, 0.15) is 0 Å². The molecule has 1 aromatic carbocycles. The first-order valence-corrected chi connectivity index (χ1v) is 7.16. The summed E-state index contributed by atoms with van der Waals surface area (Å²) < 4.78 is 23.9. The number of hydrogen-bond donors (Lipinski definition) is 1. The molecule has 0 saturated carbocycles. The zero-order valence-electron chi connectivity index (χ0n) is 10.1. The Morgan fingerprint density at radius 3 is 2.33 bits per heavy atom. The van der Waals surface area contributed by atoms with Gasteiger partial charge in [-0.2, -0.15) is 0 Å². The van der Waals surface area contributed by atoms with Crippen LogP contribution in [0, 0.1) is 0 Å². The molecule has 2 rings (SSSR count). The zero-order chi connectivity index (χ0) is 13.2. The number of aryl methyl sites for hydroxylation is 1. The van der Waals surface area contributed by atoms with Crippen LogP contribution in [0.4, 0.5) is 0 Å². The van der Waals surface area contributed by atoms with E-state index in [-0.39, 0.29) is 5.03 Å². The first-order valence-electron chi connectivity index (χ1n) is 5.61. The van der Waals surface area contributed by atoms with Crippen molar-refractivity contribution in [3.8, 4) is 0 Å². The normalized spacial score (nSPS) is 11.7. The number of rotatable bonds is 4. The summed E-state index contributed by atoms with van der Waals surface area (Å²) in [5, 5.41) is 4.89. The summed E-state index contributed by atoms with van der Waals surface area (Å²) in [6.07, 6.45) is 3.90. The minimum absolute atomic E-state index is 0.104. The minimum atomic E-state index is -3.72. The Morgan fingerprint density at radius 2 is 1.83 bits per heavy atom. The average Bonchev–Trinajstić information content (AvgIpc) is 2.78. The van der Waals surface area contributed by atoms with Crippen molar-refractivity contribution in [2.75, 3.05) is 0 Å². The molecule has 0 radical (unpaired) electrons. The van der Waals surface area contributed by atoms with Gasteiger partial charge in [-0.05, 0) is 17.5 Å². The number of nitrogens with two attached hydrogens (primary N) is 1. The van der Waals surface area contributed by atoms with Crippen LogP contribution >= 0.6 is 0 Å². The van der Waals surface area contributed by atoms with Crippen LogP contribution in [-0.4, -0.2) is 18.0 Å². The van der Waals surface area contributed by atoms with Crippen LogP contribution in [0.2, 0.25) is 0 Å². The third kappa shape index (κ3) is 2.96. The number of primary sulfonamides is 1. The average molecular weight is 265 g/mol. The lowest BCUT2D eigenvalue weighted by Gasteiger charge is -2.03. The van der Waals surface area contributed by atoms with E-state index in [0.29, 0.717) is 6.54 Å². The largest absolute Gasteiger partial charge is 0.332 e. The van der Waals surface area contributed by atoms with Crippen molar-refractivity contribution in [2.24, 2.45) is 5.14 Å². The summed E-state index contributed by atoms with van der Waals surface area (Å²) in [7, 11) is -3.72. The molecule has 0 aliphatic rings. The highest BCUT2D eigenvalue weighted by Gasteiger charge is 2.11. The minimum Gasteiger partial charge on any atom is -0.332 e. The van der Waals surface area contributed by atoms with Gasteiger partial charge in [0, 0.05) is 12.7 Å². The lowest BCUT2D eigenvalue weighted by Crippen LogP contribution is -2.12. The van der Waals surface area contributed by atoms with E-state index < -0.39 is 10.0 Å². The smallest absolute Gasteiger partial charge is 0.257 e. The summed E-state index contributed by atoms with van der Waals surface area (Å²) in [5.74, 6) is 0. The van der Waals surface area contributed by atoms with E-state index >= 15 is 0 Å². The Balaban J connectivity index is 2.16. The predicted molar refractivity (Wildman–Crippen MR) is 68.5 cm³/mol. The van der Waals surface area contributed by atoms with Crippen molar-refractivity contribution < 1.29 is 8.42 Å². The van der Waals surface area contributed by atoms with Gasteiger partial charge in [0.2, 0.25) is 0 Å². The highest BCUT2D eigenvalue weighted by atomic mass is 32.2. The number of imidazole rings is 1. The fraction of sp³-hybridized carbons (Fsp3) is 0.250. The van der Waals surface area contributed by atoms with Crippen LogP contribution in [0.15, 0.2) is 41.8 Å². The van der Waals surface area contributed by atoms with Gasteiger partial charge in [-0.1, -0.05) is 31.2 Å². The van der Waals surface area contributed by atoms with E-state index in [1.54, 1.807) is 4.57 Å². The summed E-state index contributed by atoms with van der Waals surface area (Å²) in [4.78, 5) is 3.77. The van der Waals surface area contributed by atoms with E-state index in [9.17, 15) is 8.42 Å². The molecule has 5 nitrogen and oxygen atoms in total. The van der Waals surface area contributed by atoms with Gasteiger partial charge in [-0.25, -0.2) is 18.5 Å². The zero-order valence-corrected chi connectivity index (χ0v) is 10.9. The summed E-state index contributed by atoms with van der Waals surface area (Å²) in [5.41, 5.74) is 2.36. The second-order valence-corrected chi connectivity index (χ2v) is 5.61. The molecule has 0 fully saturated rings. The van der Waals surface area contributed by atoms with Crippen LogP contribution in [0.5, 0.6) is 0 Å². The third-order valence-corrected chi connectivity index (χ3v) is 3.49. The van der Waals surface area contributed by atoms with Gasteiger partial charge in [-0.15, -0.1) is 0 Å². The fourth-order valence-corrected chi connectivity index (χ4v) is 2.14. The van der Waals surface area contributed by atoms with Crippen LogP contribution in [0.3, 0.4) is 0 Å². The fourth-order valence-electron chi connectivity index (χ4n) is 1.66. The maximum Gasteiger partial charge on any atom is 0.257 e. The second kappa shape index (κ2) is 4.91. The van der Waals surface area contributed by atoms with Crippen LogP contribution in [0.25, 0.3) is 0 Å². The Hall–Kier alpha value is -1.66. The molecule has 6 heteroatoms. The highest BCUT2D eigenvalue weighted by molar-refractivity contribution is 7.89. The van der Waals surface area contributed by atoms with Crippen molar-refractivity contribution in [2.45, 2.75) is 24.9 Å². The predicted octanol–water partition coefficient (Wildman–Crippen LogP) is 1.14. The quantitative estimate of drug-likeness (QED) is 0.900. The van der Waals surface area contributed by atoms with Gasteiger partial charge in [-0.3, -0.25) is 0 Å². The van der Waals surface area contributed by atoms with Gasteiger partial charge >= 0.3 is 0 Å². The number of benzene rings is 1. The molecule has 18 heavy (non-hydrogen) atoms. The summed E-state index contributed by atoms with van der Waals surface area (Å²) in [6, 6.07) is 8.17. The maximum atomic E-state index is 11.1. The molecule has 2 aromatic rings. The molecule has 2 N–H and O–H groups in total. The molecule has 0 amide bonds. The maximum absolute atomic E-state index is 11.1. The second-order valence-electron chi connectivity index (χ2n) is 4.10. The molecule has 0 spiro atoms. The standard InChI is InChI=1S/C12H15N3O2S/c1-2-10-3-5-11(6-4-10)7-15-8-12(14-9-15)18(13,16)17/h3-6,8-9H,2,7H2,1H3,(H2,13,16,17). The lowest BCUT2D eigenvalue weighted by atomic mass is 10.1. The van der Waals surface area contributed by atoms with E-state index in [0.717, 1.165) is 12.0 Å². The molecule has 1 heterocycles. The van der Waals surface area contributed by atoms with Crippen molar-refractivity contribution in [3.05, 3.63) is 47.9 Å². The first kappa shape index (κ1) is 12.8. The molecule has 0 aliphatic carbocycles. The lowest BCUT2D eigenvalue weighted by molar-refractivity contribution is 0.594. The van der Waals surface area contributed by atoms with E-state index in [1.807, 2.05) is 12.1 Å². The Morgan fingerprint density at radius 1 is 1.22 bits per heavy atom. The molecular formula is C12H15N3O2S. The number of hydrogen-bond acceptors (Lipinski definition) is 3. The number of aromatic nitrogens is 2. The SMILES string of the molecule is CCc1ccc(Cn2cnc(S(N)(=O)=O)c2)cc1. The van der Waals surface area contributed by atoms with E-state index in [4.69, 9.17) is 5.14 Å². The van der Waals surface area contributed by atoms with E-state index in [2.05, 4.69) is 24.0 Å². The highest BCUT2D eigenvalue weighted by Crippen LogP contribution is 2.09. The molecule has 0 atom stereocenters. The third-order valence-electron chi connectivity index (χ3n) is 2.70. The van der Waals surface area contributed by atoms with Gasteiger partial charge in [0.15, 0.2) is 5.03 Å². The van der Waals surface area contributed by atoms with Crippen LogP contribution < -0.4 is 5.14 Å². The Labute approximate surface area is 106 Å².